The van der Waals surface area contributed by atoms with E-state index in [-0.39, 0.29) is 11.9 Å². The van der Waals surface area contributed by atoms with E-state index in [9.17, 15) is 4.39 Å². The summed E-state index contributed by atoms with van der Waals surface area (Å²) in [7, 11) is 0. The molecule has 0 bridgehead atoms. The first-order valence-electron chi connectivity index (χ1n) is 10.5. The Labute approximate surface area is 160 Å². The van der Waals surface area contributed by atoms with Gasteiger partial charge in [0, 0.05) is 5.56 Å². The van der Waals surface area contributed by atoms with Crippen LogP contribution in [0.25, 0.3) is 0 Å². The summed E-state index contributed by atoms with van der Waals surface area (Å²) >= 11 is 0. The Morgan fingerprint density at radius 3 is 2.44 bits per heavy atom. The van der Waals surface area contributed by atoms with Crippen LogP contribution in [0.3, 0.4) is 0 Å². The molecule has 1 atom stereocenters. The van der Waals surface area contributed by atoms with E-state index < -0.39 is 0 Å². The summed E-state index contributed by atoms with van der Waals surface area (Å²) in [6, 6.07) is 7.40. The van der Waals surface area contributed by atoms with Gasteiger partial charge in [-0.2, -0.15) is 0 Å². The topological polar surface area (TPSA) is 52.5 Å². The van der Waals surface area contributed by atoms with Crippen LogP contribution in [-0.2, 0) is 0 Å². The molecule has 6 nitrogen and oxygen atoms in total. The molecule has 2 fully saturated rings. The van der Waals surface area contributed by atoms with Gasteiger partial charge in [-0.15, -0.1) is 5.10 Å². The van der Waals surface area contributed by atoms with E-state index in [1.165, 1.54) is 30.7 Å². The maximum Gasteiger partial charge on any atom is 0.214 e. The van der Waals surface area contributed by atoms with Gasteiger partial charge in [0.05, 0.1) is 12.6 Å². The van der Waals surface area contributed by atoms with Crippen LogP contribution in [0.2, 0.25) is 0 Å². The molecule has 0 spiro atoms. The zero-order valence-corrected chi connectivity index (χ0v) is 16.2. The fraction of sp³-hybridized carbons (Fsp3) is 0.650. The normalized spacial score (nSPS) is 25.4. The smallest absolute Gasteiger partial charge is 0.214 e. The highest BCUT2D eigenvalue weighted by Gasteiger charge is 2.36. The van der Waals surface area contributed by atoms with Gasteiger partial charge in [-0.1, -0.05) is 19.3 Å². The van der Waals surface area contributed by atoms with Crippen LogP contribution in [0.4, 0.5) is 4.39 Å². The number of nitrogens with zero attached hydrogens (tertiary/aromatic N) is 4. The maximum atomic E-state index is 13.5. The molecule has 0 radical (unpaired) electrons. The molecule has 1 aliphatic heterocycles. The van der Waals surface area contributed by atoms with E-state index in [0.717, 1.165) is 50.4 Å². The molecule has 146 valence electrons. The van der Waals surface area contributed by atoms with Crippen molar-refractivity contribution in [2.75, 3.05) is 32.7 Å². The quantitative estimate of drug-likeness (QED) is 0.787. The molecule has 4 rings (SSSR count). The molecule has 2 aromatic rings. The zero-order valence-electron chi connectivity index (χ0n) is 16.2. The molecule has 2 N–H and O–H groups in total. The standard InChI is InChI=1S/C20H29FN6/c1-2-25-12-14-26(15-13-25)19(16-8-10-17(21)11-9-16)20-22-23-24-27(20)18-6-4-3-5-7-18/h8-11,18-19H,2-7,12-15H2,1H3/p+2/t19-/m1/s1. The highest BCUT2D eigenvalue weighted by atomic mass is 19.1. The van der Waals surface area contributed by atoms with Gasteiger partial charge in [-0.05, 0) is 54.5 Å². The summed E-state index contributed by atoms with van der Waals surface area (Å²) in [5.41, 5.74) is 1.11. The minimum absolute atomic E-state index is 0.0703. The molecule has 7 heteroatoms. The van der Waals surface area contributed by atoms with E-state index in [2.05, 4.69) is 27.1 Å². The fourth-order valence-corrected chi connectivity index (χ4v) is 4.77. The van der Waals surface area contributed by atoms with Gasteiger partial charge in [0.15, 0.2) is 6.04 Å². The summed E-state index contributed by atoms with van der Waals surface area (Å²) in [5, 5.41) is 12.9. The maximum absolute atomic E-state index is 13.5. The largest absolute Gasteiger partial charge is 0.326 e. The van der Waals surface area contributed by atoms with E-state index in [1.54, 1.807) is 17.0 Å². The number of hydrogen-bond donors (Lipinski definition) is 2. The average molecular weight is 375 g/mol. The van der Waals surface area contributed by atoms with Crippen molar-refractivity contribution in [3.05, 3.63) is 41.5 Å². The van der Waals surface area contributed by atoms with Crippen LogP contribution < -0.4 is 9.80 Å². The molecular formula is C20H31FN6+2. The fourth-order valence-electron chi connectivity index (χ4n) is 4.77. The van der Waals surface area contributed by atoms with Crippen LogP contribution in [-0.4, -0.2) is 52.9 Å². The van der Waals surface area contributed by atoms with Gasteiger partial charge >= 0.3 is 0 Å². The van der Waals surface area contributed by atoms with Crippen molar-refractivity contribution in [1.29, 1.82) is 0 Å². The Bertz CT molecular complexity index is 716. The van der Waals surface area contributed by atoms with E-state index in [0.29, 0.717) is 6.04 Å². The van der Waals surface area contributed by atoms with Gasteiger partial charge in [0.1, 0.15) is 32.0 Å². The van der Waals surface area contributed by atoms with Crippen LogP contribution in [0.15, 0.2) is 24.3 Å². The zero-order chi connectivity index (χ0) is 18.6. The number of aromatic nitrogens is 4. The van der Waals surface area contributed by atoms with Crippen molar-refractivity contribution < 1.29 is 14.2 Å². The third-order valence-corrected chi connectivity index (χ3v) is 6.41. The summed E-state index contributed by atoms with van der Waals surface area (Å²) in [6.07, 6.45) is 6.10. The minimum Gasteiger partial charge on any atom is -0.326 e. The molecule has 1 saturated carbocycles. The van der Waals surface area contributed by atoms with E-state index in [1.807, 2.05) is 12.1 Å². The number of likely N-dealkylation sites (N-methyl/N-ethyl adjacent to an activating group) is 1. The Hall–Kier alpha value is -1.86. The first-order valence-corrected chi connectivity index (χ1v) is 10.5. The second kappa shape index (κ2) is 8.44. The molecule has 2 heterocycles. The molecule has 1 saturated heterocycles. The van der Waals surface area contributed by atoms with Crippen LogP contribution in [0.5, 0.6) is 0 Å². The highest BCUT2D eigenvalue weighted by Crippen LogP contribution is 2.30. The summed E-state index contributed by atoms with van der Waals surface area (Å²) in [6.45, 7) is 7.92. The molecule has 0 unspecified atom stereocenters. The van der Waals surface area contributed by atoms with Crippen molar-refractivity contribution >= 4 is 0 Å². The monoisotopic (exact) mass is 374 g/mol. The molecule has 1 aromatic carbocycles. The number of hydrogen-bond acceptors (Lipinski definition) is 3. The first kappa shape index (κ1) is 18.5. The number of rotatable bonds is 5. The third kappa shape index (κ3) is 4.04. The lowest BCUT2D eigenvalue weighted by Gasteiger charge is -2.34. The predicted molar refractivity (Wildman–Crippen MR) is 100 cm³/mol. The lowest BCUT2D eigenvalue weighted by Crippen LogP contribution is -3.28. The first-order chi connectivity index (χ1) is 13.3. The average Bonchev–Trinajstić information content (AvgIpc) is 3.20. The molecular weight excluding hydrogens is 343 g/mol. The van der Waals surface area contributed by atoms with Crippen molar-refractivity contribution in [2.45, 2.75) is 51.1 Å². The van der Waals surface area contributed by atoms with Gasteiger partial charge in [-0.25, -0.2) is 9.07 Å². The summed E-state index contributed by atoms with van der Waals surface area (Å²) in [4.78, 5) is 3.15. The van der Waals surface area contributed by atoms with Crippen molar-refractivity contribution in [2.24, 2.45) is 0 Å². The number of benzene rings is 1. The van der Waals surface area contributed by atoms with E-state index >= 15 is 0 Å². The Morgan fingerprint density at radius 2 is 1.78 bits per heavy atom. The van der Waals surface area contributed by atoms with Crippen molar-refractivity contribution in [3.63, 3.8) is 0 Å². The van der Waals surface area contributed by atoms with Crippen LogP contribution in [0.1, 0.15) is 62.5 Å². The molecule has 1 aromatic heterocycles. The minimum atomic E-state index is -0.195. The summed E-state index contributed by atoms with van der Waals surface area (Å²) in [5.74, 6) is 0.753. The number of tetrazole rings is 1. The molecule has 0 amide bonds. The van der Waals surface area contributed by atoms with Gasteiger partial charge in [-0.3, -0.25) is 0 Å². The van der Waals surface area contributed by atoms with E-state index in [4.69, 9.17) is 0 Å². The van der Waals surface area contributed by atoms with Crippen LogP contribution >= 0.6 is 0 Å². The highest BCUT2D eigenvalue weighted by molar-refractivity contribution is 5.23. The molecule has 1 aliphatic carbocycles. The van der Waals surface area contributed by atoms with Crippen LogP contribution in [0, 0.1) is 5.82 Å². The van der Waals surface area contributed by atoms with Gasteiger partial charge in [0.25, 0.3) is 0 Å². The number of piperazine rings is 1. The second-order valence-corrected chi connectivity index (χ2v) is 8.02. The van der Waals surface area contributed by atoms with Crippen molar-refractivity contribution in [3.8, 4) is 0 Å². The van der Waals surface area contributed by atoms with Gasteiger partial charge in [0.2, 0.25) is 5.82 Å². The van der Waals surface area contributed by atoms with Crippen molar-refractivity contribution in [1.82, 2.24) is 20.2 Å². The van der Waals surface area contributed by atoms with Gasteiger partial charge < -0.3 is 9.80 Å². The summed E-state index contributed by atoms with van der Waals surface area (Å²) < 4.78 is 15.6. The number of quaternary nitrogens is 2. The molecule has 27 heavy (non-hydrogen) atoms. The Morgan fingerprint density at radius 1 is 1.07 bits per heavy atom. The predicted octanol–water partition coefficient (Wildman–Crippen LogP) is 0.210. The lowest BCUT2D eigenvalue weighted by atomic mass is 9.95. The Balaban J connectivity index is 1.66. The number of halogens is 1. The number of nitrogens with one attached hydrogen (secondary N) is 2. The second-order valence-electron chi connectivity index (χ2n) is 8.02. The lowest BCUT2D eigenvalue weighted by molar-refractivity contribution is -1.02. The third-order valence-electron chi connectivity index (χ3n) is 6.41. The molecule has 2 aliphatic rings. The SMILES string of the molecule is CC[NH+]1CC[NH+]([C@H](c2ccc(F)cc2)c2nnnn2C2CCCCC2)CC1. The Kier molecular flexibility index (Phi) is 5.78.